The number of allylic oxidation sites excluding steroid dienone is 2. The van der Waals surface area contributed by atoms with Crippen LogP contribution in [0.3, 0.4) is 0 Å². The Bertz CT molecular complexity index is 896. The molecule has 3 aliphatic heterocycles. The summed E-state index contributed by atoms with van der Waals surface area (Å²) in [5.41, 5.74) is 21.1. The lowest BCUT2D eigenvalue weighted by molar-refractivity contribution is -0.152. The molecule has 0 aliphatic carbocycles. The Morgan fingerprint density at radius 2 is 1.97 bits per heavy atom. The van der Waals surface area contributed by atoms with Gasteiger partial charge in [0.2, 0.25) is 0 Å². The third-order valence-corrected chi connectivity index (χ3v) is 5.65. The standard InChI is InChI=1S/C21H28N6O2/c22-17(16-3-1-2-4-19(16)28)11-18(20(23)24)26-9-10-27(15-5-7-25-8-6-15)21(12-26)13-29-14-21/h1-7,11,25,28H,8-10,12-14,22-24H2/b17-11-. The van der Waals surface area contributed by atoms with E-state index in [1.807, 2.05) is 12.3 Å². The molecule has 8 heteroatoms. The maximum Gasteiger partial charge on any atom is 0.124 e. The van der Waals surface area contributed by atoms with Crippen LogP contribution in [-0.4, -0.2) is 59.8 Å². The fourth-order valence-corrected chi connectivity index (χ4v) is 4.11. The van der Waals surface area contributed by atoms with Crippen molar-refractivity contribution in [1.82, 2.24) is 15.1 Å². The van der Waals surface area contributed by atoms with Crippen molar-refractivity contribution in [3.05, 3.63) is 71.5 Å². The number of hydrogen-bond acceptors (Lipinski definition) is 8. The van der Waals surface area contributed by atoms with Crippen molar-refractivity contribution in [3.8, 4) is 5.75 Å². The van der Waals surface area contributed by atoms with Gasteiger partial charge in [0.25, 0.3) is 0 Å². The highest BCUT2D eigenvalue weighted by Crippen LogP contribution is 2.35. The first-order valence-corrected chi connectivity index (χ1v) is 9.71. The lowest BCUT2D eigenvalue weighted by atomic mass is 9.90. The fourth-order valence-electron chi connectivity index (χ4n) is 4.11. The van der Waals surface area contributed by atoms with Crippen molar-refractivity contribution in [1.29, 1.82) is 0 Å². The number of nitrogens with one attached hydrogen (secondary N) is 1. The zero-order chi connectivity index (χ0) is 20.4. The predicted octanol–water partition coefficient (Wildman–Crippen LogP) is 0.166. The van der Waals surface area contributed by atoms with Gasteiger partial charge in [-0.1, -0.05) is 12.1 Å². The van der Waals surface area contributed by atoms with Crippen LogP contribution in [0.1, 0.15) is 5.56 Å². The molecule has 0 saturated carbocycles. The van der Waals surface area contributed by atoms with Crippen LogP contribution in [0.2, 0.25) is 0 Å². The predicted molar refractivity (Wildman–Crippen MR) is 113 cm³/mol. The number of para-hydroxylation sites is 1. The van der Waals surface area contributed by atoms with E-state index in [1.54, 1.807) is 24.3 Å². The number of phenolic OH excluding ortho intramolecular Hbond substituents is 1. The Kier molecular flexibility index (Phi) is 5.02. The first kappa shape index (κ1) is 19.1. The number of piperazine rings is 1. The molecule has 1 spiro atoms. The second-order valence-corrected chi connectivity index (χ2v) is 7.62. The summed E-state index contributed by atoms with van der Waals surface area (Å²) in [6.45, 7) is 4.42. The smallest absolute Gasteiger partial charge is 0.124 e. The van der Waals surface area contributed by atoms with Crippen molar-refractivity contribution in [3.63, 3.8) is 0 Å². The monoisotopic (exact) mass is 396 g/mol. The zero-order valence-corrected chi connectivity index (χ0v) is 16.3. The van der Waals surface area contributed by atoms with Gasteiger partial charge < -0.3 is 42.2 Å². The maximum atomic E-state index is 10.1. The highest BCUT2D eigenvalue weighted by atomic mass is 16.5. The largest absolute Gasteiger partial charge is 0.507 e. The number of nitrogens with zero attached hydrogens (tertiary/aromatic N) is 2. The number of hydrogen-bond donors (Lipinski definition) is 5. The van der Waals surface area contributed by atoms with Gasteiger partial charge in [-0.25, -0.2) is 0 Å². The molecule has 3 aliphatic rings. The van der Waals surface area contributed by atoms with Crippen molar-refractivity contribution in [2.45, 2.75) is 5.54 Å². The molecule has 0 radical (unpaired) electrons. The average Bonchev–Trinajstić information content (AvgIpc) is 2.71. The van der Waals surface area contributed by atoms with Gasteiger partial charge in [0, 0.05) is 43.1 Å². The Hall–Kier alpha value is -3.26. The first-order chi connectivity index (χ1) is 14.0. The Morgan fingerprint density at radius 3 is 2.59 bits per heavy atom. The zero-order valence-electron chi connectivity index (χ0n) is 16.3. The van der Waals surface area contributed by atoms with Gasteiger partial charge in [0.05, 0.1) is 18.9 Å². The molecule has 0 unspecified atom stereocenters. The van der Waals surface area contributed by atoms with Crippen LogP contribution in [0.25, 0.3) is 5.70 Å². The topological polar surface area (TPSA) is 126 Å². The molecule has 4 rings (SSSR count). The van der Waals surface area contributed by atoms with Gasteiger partial charge in [-0.3, -0.25) is 0 Å². The van der Waals surface area contributed by atoms with E-state index in [2.05, 4.69) is 27.3 Å². The van der Waals surface area contributed by atoms with E-state index in [9.17, 15) is 5.11 Å². The minimum absolute atomic E-state index is 0.120. The molecule has 29 heavy (non-hydrogen) atoms. The normalized spacial score (nSPS) is 20.7. The molecule has 1 aromatic carbocycles. The molecule has 0 aromatic heterocycles. The van der Waals surface area contributed by atoms with E-state index < -0.39 is 0 Å². The summed E-state index contributed by atoms with van der Waals surface area (Å²) in [5, 5.41) is 13.3. The van der Waals surface area contributed by atoms with Gasteiger partial charge in [-0.15, -0.1) is 0 Å². The van der Waals surface area contributed by atoms with Crippen molar-refractivity contribution in [2.75, 3.05) is 39.4 Å². The summed E-state index contributed by atoms with van der Waals surface area (Å²) < 4.78 is 5.60. The molecule has 8 N–H and O–H groups in total. The van der Waals surface area contributed by atoms with Crippen LogP contribution in [0.5, 0.6) is 5.75 Å². The maximum absolute atomic E-state index is 10.1. The third kappa shape index (κ3) is 3.58. The van der Waals surface area contributed by atoms with Gasteiger partial charge >= 0.3 is 0 Å². The van der Waals surface area contributed by atoms with Crippen LogP contribution in [0, 0.1) is 0 Å². The molecule has 2 saturated heterocycles. The number of ether oxygens (including phenoxy) is 1. The molecular formula is C21H28N6O2. The van der Waals surface area contributed by atoms with E-state index in [-0.39, 0.29) is 17.1 Å². The van der Waals surface area contributed by atoms with Crippen LogP contribution < -0.4 is 22.5 Å². The van der Waals surface area contributed by atoms with Crippen LogP contribution >= 0.6 is 0 Å². The number of phenols is 1. The highest BCUT2D eigenvalue weighted by molar-refractivity contribution is 5.69. The SMILES string of the molecule is NC(N)=C(/C=C(\N)c1ccccc1O)N1CCN(C2=CCNC=C2)C2(COC2)C1. The molecule has 0 atom stereocenters. The number of nitrogens with two attached hydrogens (primary N) is 3. The number of aromatic hydroxyl groups is 1. The van der Waals surface area contributed by atoms with Crippen LogP contribution in [0.15, 0.2) is 65.9 Å². The van der Waals surface area contributed by atoms with Gasteiger partial charge in [0.1, 0.15) is 17.1 Å². The molecule has 2 fully saturated rings. The highest BCUT2D eigenvalue weighted by Gasteiger charge is 2.48. The second-order valence-electron chi connectivity index (χ2n) is 7.62. The third-order valence-electron chi connectivity index (χ3n) is 5.65. The lowest BCUT2D eigenvalue weighted by Gasteiger charge is -2.57. The number of benzene rings is 1. The van der Waals surface area contributed by atoms with E-state index in [0.717, 1.165) is 26.2 Å². The minimum atomic E-state index is -0.121. The second kappa shape index (κ2) is 7.63. The van der Waals surface area contributed by atoms with Crippen molar-refractivity contribution >= 4 is 5.70 Å². The van der Waals surface area contributed by atoms with E-state index in [1.165, 1.54) is 5.70 Å². The average molecular weight is 396 g/mol. The number of dihydropyridines is 1. The van der Waals surface area contributed by atoms with Crippen molar-refractivity contribution < 1.29 is 9.84 Å². The van der Waals surface area contributed by atoms with E-state index >= 15 is 0 Å². The molecule has 1 aromatic rings. The Labute approximate surface area is 170 Å². The molecule has 0 amide bonds. The van der Waals surface area contributed by atoms with E-state index in [0.29, 0.717) is 30.2 Å². The Morgan fingerprint density at radius 1 is 1.17 bits per heavy atom. The first-order valence-electron chi connectivity index (χ1n) is 9.71. The van der Waals surface area contributed by atoms with E-state index in [4.69, 9.17) is 21.9 Å². The summed E-state index contributed by atoms with van der Waals surface area (Å²) in [5.74, 6) is 0.322. The summed E-state index contributed by atoms with van der Waals surface area (Å²) in [6, 6.07) is 6.94. The minimum Gasteiger partial charge on any atom is -0.507 e. The number of rotatable bonds is 4. The molecule has 8 nitrogen and oxygen atoms in total. The molecule has 154 valence electrons. The van der Waals surface area contributed by atoms with Gasteiger partial charge in [-0.05, 0) is 36.6 Å². The van der Waals surface area contributed by atoms with Crippen LogP contribution in [-0.2, 0) is 4.74 Å². The Balaban J connectivity index is 1.59. The lowest BCUT2D eigenvalue weighted by Crippen LogP contribution is -2.70. The fraction of sp³-hybridized carbons (Fsp3) is 0.333. The molecule has 0 bridgehead atoms. The van der Waals surface area contributed by atoms with Gasteiger partial charge in [0.15, 0.2) is 0 Å². The van der Waals surface area contributed by atoms with Gasteiger partial charge in [-0.2, -0.15) is 0 Å². The van der Waals surface area contributed by atoms with Crippen molar-refractivity contribution in [2.24, 2.45) is 17.2 Å². The summed E-state index contributed by atoms with van der Waals surface area (Å²) >= 11 is 0. The summed E-state index contributed by atoms with van der Waals surface area (Å²) in [4.78, 5) is 4.58. The van der Waals surface area contributed by atoms with Crippen LogP contribution in [0.4, 0.5) is 0 Å². The quantitative estimate of drug-likeness (QED) is 0.456. The summed E-state index contributed by atoms with van der Waals surface area (Å²) in [6.07, 6.45) is 8.02. The summed E-state index contributed by atoms with van der Waals surface area (Å²) in [7, 11) is 0. The molecule has 3 heterocycles. The molecular weight excluding hydrogens is 368 g/mol.